The lowest BCUT2D eigenvalue weighted by Gasteiger charge is -2.22. The predicted octanol–water partition coefficient (Wildman–Crippen LogP) is 2.69. The largest absolute Gasteiger partial charge is 0.356 e. The van der Waals surface area contributed by atoms with Gasteiger partial charge in [-0.25, -0.2) is 0 Å². The van der Waals surface area contributed by atoms with Crippen LogP contribution in [0.25, 0.3) is 0 Å². The SMILES string of the molecule is CCNC(=O)CCSSC(C)(C)CC(=O)NCC.[HH].[HH]. The molecule has 0 unspecified atom stereocenters. The molecule has 0 heterocycles. The van der Waals surface area contributed by atoms with E-state index >= 15 is 0 Å². The summed E-state index contributed by atoms with van der Waals surface area (Å²) in [5.74, 6) is 0.946. The molecule has 0 saturated carbocycles. The van der Waals surface area contributed by atoms with Gasteiger partial charge >= 0.3 is 0 Å². The highest BCUT2D eigenvalue weighted by atomic mass is 33.1. The number of carbonyl (C=O) groups is 2. The van der Waals surface area contributed by atoms with Crippen LogP contribution >= 0.6 is 21.6 Å². The number of amides is 2. The lowest BCUT2D eigenvalue weighted by Crippen LogP contribution is -2.29. The van der Waals surface area contributed by atoms with Crippen molar-refractivity contribution in [2.75, 3.05) is 18.8 Å². The van der Waals surface area contributed by atoms with Gasteiger partial charge in [-0.15, -0.1) is 0 Å². The predicted molar refractivity (Wildman–Crippen MR) is 85.0 cm³/mol. The van der Waals surface area contributed by atoms with E-state index in [0.717, 1.165) is 5.75 Å². The van der Waals surface area contributed by atoms with Crippen molar-refractivity contribution in [2.45, 2.75) is 45.3 Å². The number of rotatable bonds is 9. The number of hydrogen-bond donors (Lipinski definition) is 2. The Morgan fingerprint density at radius 3 is 2.22 bits per heavy atom. The lowest BCUT2D eigenvalue weighted by atomic mass is 10.1. The van der Waals surface area contributed by atoms with Crippen molar-refractivity contribution in [3.05, 3.63) is 0 Å². The zero-order valence-corrected chi connectivity index (χ0v) is 13.3. The first-order valence-corrected chi connectivity index (χ1v) is 8.57. The quantitative estimate of drug-likeness (QED) is 0.507. The van der Waals surface area contributed by atoms with Crippen LogP contribution in [0.5, 0.6) is 0 Å². The molecule has 0 aliphatic carbocycles. The van der Waals surface area contributed by atoms with E-state index in [4.69, 9.17) is 0 Å². The van der Waals surface area contributed by atoms with Crippen LogP contribution in [0.15, 0.2) is 0 Å². The molecule has 0 bridgehead atoms. The summed E-state index contributed by atoms with van der Waals surface area (Å²) in [4.78, 5) is 22.7. The number of hydrogen-bond acceptors (Lipinski definition) is 4. The van der Waals surface area contributed by atoms with Crippen LogP contribution in [0, 0.1) is 0 Å². The van der Waals surface area contributed by atoms with Crippen LogP contribution in [0.4, 0.5) is 0 Å². The average molecular weight is 297 g/mol. The van der Waals surface area contributed by atoms with Crippen molar-refractivity contribution in [3.63, 3.8) is 0 Å². The molecule has 0 rings (SSSR count). The van der Waals surface area contributed by atoms with Crippen LogP contribution in [0.3, 0.4) is 0 Å². The summed E-state index contributed by atoms with van der Waals surface area (Å²) in [6.07, 6.45) is 1.03. The van der Waals surface area contributed by atoms with Gasteiger partial charge in [-0.3, -0.25) is 9.59 Å². The molecule has 0 atom stereocenters. The van der Waals surface area contributed by atoms with Gasteiger partial charge in [-0.05, 0) is 27.7 Å². The van der Waals surface area contributed by atoms with Gasteiger partial charge in [0.2, 0.25) is 11.8 Å². The van der Waals surface area contributed by atoms with Crippen LogP contribution in [0.1, 0.15) is 43.4 Å². The average Bonchev–Trinajstić information content (AvgIpc) is 2.24. The summed E-state index contributed by atoms with van der Waals surface area (Å²) < 4.78 is -0.106. The summed E-state index contributed by atoms with van der Waals surface area (Å²) in [5.41, 5.74) is 0. The van der Waals surface area contributed by atoms with Crippen molar-refractivity contribution in [3.8, 4) is 0 Å². The van der Waals surface area contributed by atoms with Gasteiger partial charge in [0, 0.05) is 39.3 Å². The van der Waals surface area contributed by atoms with Crippen LogP contribution in [0.2, 0.25) is 0 Å². The zero-order chi connectivity index (χ0) is 14.0. The maximum atomic E-state index is 11.5. The second-order valence-electron chi connectivity index (χ2n) is 4.50. The molecule has 2 N–H and O–H groups in total. The fraction of sp³-hybridized carbons (Fsp3) is 0.833. The van der Waals surface area contributed by atoms with Crippen LogP contribution in [-0.4, -0.2) is 35.4 Å². The minimum absolute atomic E-state index is 0. The fourth-order valence-electron chi connectivity index (χ4n) is 1.30. The molecule has 0 radical (unpaired) electrons. The van der Waals surface area contributed by atoms with Gasteiger partial charge in [0.1, 0.15) is 0 Å². The molecule has 0 aromatic heterocycles. The highest BCUT2D eigenvalue weighted by Gasteiger charge is 2.22. The minimum Gasteiger partial charge on any atom is -0.356 e. The van der Waals surface area contributed by atoms with Gasteiger partial charge in [-0.2, -0.15) is 0 Å². The number of carbonyl (C=O) groups excluding carboxylic acids is 2. The molecule has 0 spiro atoms. The van der Waals surface area contributed by atoms with Crippen molar-refractivity contribution in [1.82, 2.24) is 10.6 Å². The molecular weight excluding hydrogens is 268 g/mol. The van der Waals surface area contributed by atoms with Crippen molar-refractivity contribution in [1.29, 1.82) is 0 Å². The minimum atomic E-state index is -0.106. The molecule has 2 amide bonds. The molecule has 6 heteroatoms. The summed E-state index contributed by atoms with van der Waals surface area (Å²) >= 11 is 0. The Morgan fingerprint density at radius 1 is 1.11 bits per heavy atom. The van der Waals surface area contributed by atoms with Gasteiger partial charge in [-0.1, -0.05) is 21.6 Å². The molecule has 4 nitrogen and oxygen atoms in total. The first kappa shape index (κ1) is 17.6. The molecule has 0 aromatic rings. The second-order valence-corrected chi connectivity index (χ2v) is 7.62. The lowest BCUT2D eigenvalue weighted by molar-refractivity contribution is -0.121. The Kier molecular flexibility index (Phi) is 9.36. The molecule has 0 fully saturated rings. The molecule has 0 saturated heterocycles. The van der Waals surface area contributed by atoms with E-state index in [1.807, 2.05) is 27.7 Å². The van der Waals surface area contributed by atoms with Crippen molar-refractivity contribution < 1.29 is 12.4 Å². The highest BCUT2D eigenvalue weighted by Crippen LogP contribution is 2.38. The molecule has 18 heavy (non-hydrogen) atoms. The van der Waals surface area contributed by atoms with Gasteiger partial charge < -0.3 is 10.6 Å². The van der Waals surface area contributed by atoms with E-state index in [0.29, 0.717) is 25.9 Å². The zero-order valence-electron chi connectivity index (χ0n) is 11.7. The Hall–Kier alpha value is -0.360. The van der Waals surface area contributed by atoms with Crippen molar-refractivity contribution >= 4 is 33.4 Å². The molecule has 0 aromatic carbocycles. The second kappa shape index (κ2) is 9.55. The van der Waals surface area contributed by atoms with E-state index in [1.165, 1.54) is 0 Å². The third kappa shape index (κ3) is 9.65. The molecule has 110 valence electrons. The monoisotopic (exact) mass is 296 g/mol. The van der Waals surface area contributed by atoms with Crippen LogP contribution < -0.4 is 10.6 Å². The normalized spacial score (nSPS) is 11.1. The van der Waals surface area contributed by atoms with E-state index in [-0.39, 0.29) is 19.4 Å². The van der Waals surface area contributed by atoms with Crippen LogP contribution in [-0.2, 0) is 9.59 Å². The number of nitrogens with one attached hydrogen (secondary N) is 2. The summed E-state index contributed by atoms with van der Waals surface area (Å²) in [6.45, 7) is 9.27. The first-order valence-electron chi connectivity index (χ1n) is 6.25. The maximum absolute atomic E-state index is 11.5. The van der Waals surface area contributed by atoms with Gasteiger partial charge in [0.25, 0.3) is 0 Å². The topological polar surface area (TPSA) is 58.2 Å². The maximum Gasteiger partial charge on any atom is 0.221 e. The first-order chi connectivity index (χ1) is 8.41. The third-order valence-electron chi connectivity index (χ3n) is 2.03. The van der Waals surface area contributed by atoms with Crippen molar-refractivity contribution in [2.24, 2.45) is 0 Å². The van der Waals surface area contributed by atoms with E-state index < -0.39 is 0 Å². The summed E-state index contributed by atoms with van der Waals surface area (Å²) in [5, 5.41) is 5.57. The smallest absolute Gasteiger partial charge is 0.221 e. The van der Waals surface area contributed by atoms with Gasteiger partial charge in [0.05, 0.1) is 0 Å². The standard InChI is InChI=1S/C12H24N2O2S2.2H2/c1-5-13-10(15)7-8-17-18-12(3,4)9-11(16)14-6-2;;/h5-9H2,1-4H3,(H,13,15)(H,14,16);2*1H. The Balaban J connectivity index is -0.00000144. The Bertz CT molecular complexity index is 280. The molecule has 0 aliphatic rings. The summed E-state index contributed by atoms with van der Waals surface area (Å²) in [6, 6.07) is 0. The van der Waals surface area contributed by atoms with E-state index in [1.54, 1.807) is 21.6 Å². The van der Waals surface area contributed by atoms with E-state index in [9.17, 15) is 9.59 Å². The van der Waals surface area contributed by atoms with E-state index in [2.05, 4.69) is 10.6 Å². The third-order valence-corrected chi connectivity index (χ3v) is 5.32. The highest BCUT2D eigenvalue weighted by molar-refractivity contribution is 8.77. The molecule has 0 aliphatic heterocycles. The fourth-order valence-corrected chi connectivity index (χ4v) is 3.79. The molecular formula is C12H28N2O2S2. The van der Waals surface area contributed by atoms with Gasteiger partial charge in [0.15, 0.2) is 0 Å². The Morgan fingerprint density at radius 2 is 1.67 bits per heavy atom. The summed E-state index contributed by atoms with van der Waals surface area (Å²) in [7, 11) is 3.32. The Labute approximate surface area is 121 Å².